The minimum atomic E-state index is 0.559. The van der Waals surface area contributed by atoms with Crippen LogP contribution in [0.3, 0.4) is 0 Å². The van der Waals surface area contributed by atoms with Gasteiger partial charge in [-0.25, -0.2) is 0 Å². The zero-order valence-electron chi connectivity index (χ0n) is 9.30. The molecule has 0 unspecified atom stereocenters. The minimum Gasteiger partial charge on any atom is -0.360 e. The summed E-state index contributed by atoms with van der Waals surface area (Å²) in [7, 11) is 0. The minimum absolute atomic E-state index is 0.559. The summed E-state index contributed by atoms with van der Waals surface area (Å²) in [6, 6.07) is 6.14. The number of benzene rings is 1. The van der Waals surface area contributed by atoms with E-state index in [1.165, 1.54) is 19.3 Å². The van der Waals surface area contributed by atoms with Gasteiger partial charge in [-0.05, 0) is 49.2 Å². The molecule has 0 saturated heterocycles. The summed E-state index contributed by atoms with van der Waals surface area (Å²) in [5.41, 5.74) is 1.07. The SMILES string of the molecule is S=C(NCc1ccc(Cl)c(Cl)c1)NC1CCC1. The van der Waals surface area contributed by atoms with E-state index in [4.69, 9.17) is 35.4 Å². The molecular weight excluding hydrogens is 275 g/mol. The highest BCUT2D eigenvalue weighted by Gasteiger charge is 2.17. The Bertz CT molecular complexity index is 419. The van der Waals surface area contributed by atoms with Gasteiger partial charge >= 0.3 is 0 Å². The van der Waals surface area contributed by atoms with E-state index >= 15 is 0 Å². The van der Waals surface area contributed by atoms with E-state index in [1.807, 2.05) is 12.1 Å². The van der Waals surface area contributed by atoms with E-state index in [-0.39, 0.29) is 0 Å². The topological polar surface area (TPSA) is 24.1 Å². The summed E-state index contributed by atoms with van der Waals surface area (Å²) in [6.45, 7) is 0.662. The summed E-state index contributed by atoms with van der Waals surface area (Å²) in [4.78, 5) is 0. The van der Waals surface area contributed by atoms with Gasteiger partial charge in [-0.2, -0.15) is 0 Å². The van der Waals surface area contributed by atoms with Crippen molar-refractivity contribution in [2.75, 3.05) is 0 Å². The number of hydrogen-bond acceptors (Lipinski definition) is 1. The second-order valence-corrected chi connectivity index (χ2v) is 5.43. The van der Waals surface area contributed by atoms with Crippen LogP contribution in [0.1, 0.15) is 24.8 Å². The third kappa shape index (κ3) is 3.73. The number of nitrogens with one attached hydrogen (secondary N) is 2. The first kappa shape index (κ1) is 12.9. The largest absolute Gasteiger partial charge is 0.360 e. The van der Waals surface area contributed by atoms with Crippen LogP contribution in [0.15, 0.2) is 18.2 Å². The Hall–Kier alpha value is -0.510. The molecule has 92 valence electrons. The lowest BCUT2D eigenvalue weighted by Crippen LogP contribution is -2.44. The number of rotatable bonds is 3. The standard InChI is InChI=1S/C12H14Cl2N2S/c13-10-5-4-8(6-11(10)14)7-15-12(17)16-9-2-1-3-9/h4-6,9H,1-3,7H2,(H2,15,16,17). The first-order valence-electron chi connectivity index (χ1n) is 5.63. The van der Waals surface area contributed by atoms with Crippen LogP contribution in [0.25, 0.3) is 0 Å². The van der Waals surface area contributed by atoms with Crippen molar-refractivity contribution in [1.82, 2.24) is 10.6 Å². The third-order valence-electron chi connectivity index (χ3n) is 2.88. The fourth-order valence-corrected chi connectivity index (χ4v) is 2.18. The highest BCUT2D eigenvalue weighted by Crippen LogP contribution is 2.22. The van der Waals surface area contributed by atoms with E-state index in [9.17, 15) is 0 Å². The van der Waals surface area contributed by atoms with Gasteiger partial charge in [-0.15, -0.1) is 0 Å². The van der Waals surface area contributed by atoms with E-state index in [0.29, 0.717) is 27.7 Å². The smallest absolute Gasteiger partial charge is 0.166 e. The van der Waals surface area contributed by atoms with Crippen molar-refractivity contribution in [3.63, 3.8) is 0 Å². The maximum atomic E-state index is 5.94. The molecule has 2 N–H and O–H groups in total. The van der Waals surface area contributed by atoms with Crippen LogP contribution >= 0.6 is 35.4 Å². The van der Waals surface area contributed by atoms with Crippen molar-refractivity contribution in [3.8, 4) is 0 Å². The van der Waals surface area contributed by atoms with Gasteiger partial charge in [0.1, 0.15) is 0 Å². The van der Waals surface area contributed by atoms with Crippen molar-refractivity contribution in [2.24, 2.45) is 0 Å². The molecule has 1 saturated carbocycles. The monoisotopic (exact) mass is 288 g/mol. The summed E-state index contributed by atoms with van der Waals surface area (Å²) in [5, 5.41) is 8.29. The fourth-order valence-electron chi connectivity index (χ4n) is 1.62. The lowest BCUT2D eigenvalue weighted by Gasteiger charge is -2.27. The van der Waals surface area contributed by atoms with Crippen LogP contribution in [-0.4, -0.2) is 11.2 Å². The molecule has 1 aromatic carbocycles. The quantitative estimate of drug-likeness (QED) is 0.833. The van der Waals surface area contributed by atoms with Gasteiger partial charge < -0.3 is 10.6 Å². The molecule has 5 heteroatoms. The highest BCUT2D eigenvalue weighted by atomic mass is 35.5. The zero-order chi connectivity index (χ0) is 12.3. The number of halogens is 2. The molecular formula is C12H14Cl2N2S. The molecule has 0 heterocycles. The lowest BCUT2D eigenvalue weighted by atomic mass is 9.93. The molecule has 0 amide bonds. The van der Waals surface area contributed by atoms with Crippen LogP contribution in [0.4, 0.5) is 0 Å². The van der Waals surface area contributed by atoms with Crippen molar-refractivity contribution < 1.29 is 0 Å². The molecule has 1 fully saturated rings. The predicted molar refractivity (Wildman–Crippen MR) is 76.7 cm³/mol. The molecule has 2 rings (SSSR count). The van der Waals surface area contributed by atoms with Crippen molar-refractivity contribution in [1.29, 1.82) is 0 Å². The molecule has 1 aromatic rings. The fraction of sp³-hybridized carbons (Fsp3) is 0.417. The Kier molecular flexibility index (Phi) is 4.48. The van der Waals surface area contributed by atoms with Gasteiger partial charge in [0.05, 0.1) is 10.0 Å². The lowest BCUT2D eigenvalue weighted by molar-refractivity contribution is 0.382. The van der Waals surface area contributed by atoms with Crippen molar-refractivity contribution >= 4 is 40.5 Å². The van der Waals surface area contributed by atoms with Crippen LogP contribution in [0.2, 0.25) is 10.0 Å². The second-order valence-electron chi connectivity index (χ2n) is 4.20. The molecule has 0 radical (unpaired) electrons. The average Bonchev–Trinajstić information content (AvgIpc) is 2.25. The summed E-state index contributed by atoms with van der Waals surface area (Å²) >= 11 is 17.0. The Balaban J connectivity index is 1.80. The second kappa shape index (κ2) is 5.89. The Labute approximate surface area is 117 Å². The van der Waals surface area contributed by atoms with Gasteiger partial charge in [0.15, 0.2) is 5.11 Å². The number of hydrogen-bond donors (Lipinski definition) is 2. The highest BCUT2D eigenvalue weighted by molar-refractivity contribution is 7.80. The van der Waals surface area contributed by atoms with Gasteiger partial charge in [0.2, 0.25) is 0 Å². The van der Waals surface area contributed by atoms with E-state index in [1.54, 1.807) is 6.07 Å². The molecule has 0 spiro atoms. The van der Waals surface area contributed by atoms with E-state index in [0.717, 1.165) is 5.56 Å². The normalized spacial score (nSPS) is 15.2. The van der Waals surface area contributed by atoms with Gasteiger partial charge in [-0.1, -0.05) is 29.3 Å². The average molecular weight is 289 g/mol. The molecule has 17 heavy (non-hydrogen) atoms. The zero-order valence-corrected chi connectivity index (χ0v) is 11.6. The van der Waals surface area contributed by atoms with Crippen LogP contribution in [0, 0.1) is 0 Å². The molecule has 2 nitrogen and oxygen atoms in total. The van der Waals surface area contributed by atoms with Crippen molar-refractivity contribution in [2.45, 2.75) is 31.8 Å². The maximum absolute atomic E-state index is 5.94. The predicted octanol–water partition coefficient (Wildman–Crippen LogP) is 3.51. The Morgan fingerprint density at radius 3 is 2.65 bits per heavy atom. The van der Waals surface area contributed by atoms with E-state index < -0.39 is 0 Å². The van der Waals surface area contributed by atoms with Gasteiger partial charge in [-0.3, -0.25) is 0 Å². The molecule has 0 atom stereocenters. The van der Waals surface area contributed by atoms with Gasteiger partial charge in [0, 0.05) is 12.6 Å². The van der Waals surface area contributed by atoms with Crippen LogP contribution < -0.4 is 10.6 Å². The summed E-state index contributed by atoms with van der Waals surface area (Å²) < 4.78 is 0. The maximum Gasteiger partial charge on any atom is 0.166 e. The first-order chi connectivity index (χ1) is 8.15. The van der Waals surface area contributed by atoms with Crippen molar-refractivity contribution in [3.05, 3.63) is 33.8 Å². The first-order valence-corrected chi connectivity index (χ1v) is 6.80. The summed E-state index contributed by atoms with van der Waals surface area (Å²) in [6.07, 6.45) is 3.73. The van der Waals surface area contributed by atoms with E-state index in [2.05, 4.69) is 10.6 Å². The number of thiocarbonyl (C=S) groups is 1. The van der Waals surface area contributed by atoms with Crippen LogP contribution in [0.5, 0.6) is 0 Å². The third-order valence-corrected chi connectivity index (χ3v) is 3.88. The molecule has 1 aliphatic carbocycles. The summed E-state index contributed by atoms with van der Waals surface area (Å²) in [5.74, 6) is 0. The molecule has 0 aromatic heterocycles. The molecule has 1 aliphatic rings. The van der Waals surface area contributed by atoms with Gasteiger partial charge in [0.25, 0.3) is 0 Å². The molecule has 0 bridgehead atoms. The van der Waals surface area contributed by atoms with Crippen LogP contribution in [-0.2, 0) is 6.54 Å². The molecule has 0 aliphatic heterocycles. The Morgan fingerprint density at radius 2 is 2.06 bits per heavy atom. The Morgan fingerprint density at radius 1 is 1.29 bits per heavy atom.